The number of ether oxygens (including phenoxy) is 1. The summed E-state index contributed by atoms with van der Waals surface area (Å²) < 4.78 is 33.0. The van der Waals surface area contributed by atoms with E-state index in [2.05, 4.69) is 4.72 Å². The summed E-state index contributed by atoms with van der Waals surface area (Å²) in [7, 11) is -3.78. The quantitative estimate of drug-likeness (QED) is 0.865. The number of rotatable bonds is 4. The molecule has 0 fully saturated rings. The van der Waals surface area contributed by atoms with Gasteiger partial charge in [0.2, 0.25) is 10.0 Å². The molecule has 0 spiro atoms. The maximum absolute atomic E-state index is 12.9. The lowest BCUT2D eigenvalue weighted by Gasteiger charge is -2.33. The third-order valence-corrected chi connectivity index (χ3v) is 5.97. The summed E-state index contributed by atoms with van der Waals surface area (Å²) in [6.07, 6.45) is 0. The Morgan fingerprint density at radius 3 is 2.42 bits per heavy atom. The minimum atomic E-state index is -3.78. The van der Waals surface area contributed by atoms with Crippen LogP contribution in [0, 0.1) is 0 Å². The average Bonchev–Trinajstić information content (AvgIpc) is 2.84. The first kappa shape index (κ1) is 16.7. The molecule has 2 aromatic rings. The average molecular weight is 345 g/mol. The Kier molecular flexibility index (Phi) is 4.19. The molecule has 1 aliphatic heterocycles. The van der Waals surface area contributed by atoms with Gasteiger partial charge in [0.25, 0.3) is 0 Å². The van der Waals surface area contributed by atoms with Crippen LogP contribution in [0.3, 0.4) is 0 Å². The first-order valence-electron chi connectivity index (χ1n) is 7.79. The van der Waals surface area contributed by atoms with E-state index in [4.69, 9.17) is 4.74 Å². The molecule has 0 amide bonds. The minimum absolute atomic E-state index is 0.126. The predicted molar refractivity (Wildman–Crippen MR) is 89.9 cm³/mol. The molecule has 2 aromatic carbocycles. The summed E-state index contributed by atoms with van der Waals surface area (Å²) in [6, 6.07) is 15.9. The summed E-state index contributed by atoms with van der Waals surface area (Å²) in [5.41, 5.74) is -0.183. The van der Waals surface area contributed by atoms with Gasteiger partial charge in [0.1, 0.15) is 0 Å². The second-order valence-electron chi connectivity index (χ2n) is 5.76. The minimum Gasteiger partial charge on any atom is -0.464 e. The van der Waals surface area contributed by atoms with Gasteiger partial charge in [-0.3, -0.25) is 0 Å². The lowest BCUT2D eigenvalue weighted by molar-refractivity contribution is -0.151. The molecule has 3 rings (SSSR count). The summed E-state index contributed by atoms with van der Waals surface area (Å²) in [5.74, 6) is -1.02. The van der Waals surface area contributed by atoms with Crippen LogP contribution in [0.15, 0.2) is 59.5 Å². The monoisotopic (exact) mass is 345 g/mol. The number of benzene rings is 2. The van der Waals surface area contributed by atoms with Crippen LogP contribution in [0.5, 0.6) is 0 Å². The van der Waals surface area contributed by atoms with Crippen LogP contribution in [0.1, 0.15) is 30.9 Å². The molecule has 5 nitrogen and oxygen atoms in total. The number of carbonyl (C=O) groups is 1. The van der Waals surface area contributed by atoms with Gasteiger partial charge >= 0.3 is 5.97 Å². The molecular weight excluding hydrogens is 326 g/mol. The van der Waals surface area contributed by atoms with Crippen molar-refractivity contribution in [3.8, 4) is 0 Å². The smallest absolute Gasteiger partial charge is 0.332 e. The fourth-order valence-electron chi connectivity index (χ4n) is 3.24. The topological polar surface area (TPSA) is 72.5 Å². The number of hydrogen-bond donors (Lipinski definition) is 1. The number of esters is 1. The van der Waals surface area contributed by atoms with Crippen molar-refractivity contribution in [3.05, 3.63) is 65.7 Å². The van der Waals surface area contributed by atoms with Gasteiger partial charge in [0.15, 0.2) is 5.54 Å². The first-order valence-corrected chi connectivity index (χ1v) is 9.27. The van der Waals surface area contributed by atoms with Crippen LogP contribution in [-0.4, -0.2) is 21.0 Å². The molecule has 126 valence electrons. The van der Waals surface area contributed by atoms with Crippen molar-refractivity contribution in [3.63, 3.8) is 0 Å². The maximum Gasteiger partial charge on any atom is 0.332 e. The van der Waals surface area contributed by atoms with Gasteiger partial charge in [-0.2, -0.15) is 4.72 Å². The van der Waals surface area contributed by atoms with Crippen LogP contribution in [-0.2, 0) is 25.1 Å². The molecular formula is C18H19NO4S. The van der Waals surface area contributed by atoms with Crippen molar-refractivity contribution in [2.24, 2.45) is 0 Å². The highest BCUT2D eigenvalue weighted by molar-refractivity contribution is 7.90. The lowest BCUT2D eigenvalue weighted by Crippen LogP contribution is -2.51. The second kappa shape index (κ2) is 6.03. The van der Waals surface area contributed by atoms with Gasteiger partial charge in [-0.1, -0.05) is 55.5 Å². The fraction of sp³-hybridized carbons (Fsp3) is 0.278. The second-order valence-corrected chi connectivity index (χ2v) is 7.41. The standard InChI is InChI=1S/C18H19NO4S/c1-3-23-17(20)18(13(2)14-9-5-4-6-10-14)15-11-7-8-12-16(15)24(21,22)19-18/h4-13,19H,3H2,1-2H3/t13?,18-/m1/s1. The van der Waals surface area contributed by atoms with Crippen LogP contribution in [0.25, 0.3) is 0 Å². The molecule has 2 atom stereocenters. The van der Waals surface area contributed by atoms with E-state index in [1.807, 2.05) is 37.3 Å². The van der Waals surface area contributed by atoms with E-state index in [9.17, 15) is 13.2 Å². The Bertz CT molecular complexity index is 864. The van der Waals surface area contributed by atoms with E-state index in [0.717, 1.165) is 5.56 Å². The van der Waals surface area contributed by atoms with Gasteiger partial charge in [-0.15, -0.1) is 0 Å². The van der Waals surface area contributed by atoms with Crippen LogP contribution < -0.4 is 4.72 Å². The molecule has 1 heterocycles. The summed E-state index contributed by atoms with van der Waals surface area (Å²) in [5, 5.41) is 0. The molecule has 0 saturated carbocycles. The molecule has 0 aromatic heterocycles. The highest BCUT2D eigenvalue weighted by Gasteiger charge is 2.56. The van der Waals surface area contributed by atoms with Crippen molar-refractivity contribution in [2.45, 2.75) is 30.2 Å². The van der Waals surface area contributed by atoms with Gasteiger partial charge in [0, 0.05) is 11.5 Å². The number of hydrogen-bond acceptors (Lipinski definition) is 4. The highest BCUT2D eigenvalue weighted by Crippen LogP contribution is 2.45. The number of fused-ring (bicyclic) bond motifs is 1. The van der Waals surface area contributed by atoms with E-state index in [1.54, 1.807) is 25.1 Å². The zero-order valence-corrected chi connectivity index (χ0v) is 14.3. The highest BCUT2D eigenvalue weighted by atomic mass is 32.2. The molecule has 0 bridgehead atoms. The van der Waals surface area contributed by atoms with Gasteiger partial charge in [0.05, 0.1) is 11.5 Å². The fourth-order valence-corrected chi connectivity index (χ4v) is 4.92. The van der Waals surface area contributed by atoms with Crippen LogP contribution >= 0.6 is 0 Å². The van der Waals surface area contributed by atoms with Crippen molar-refractivity contribution in [1.29, 1.82) is 0 Å². The van der Waals surface area contributed by atoms with Gasteiger partial charge in [-0.05, 0) is 18.6 Å². The molecule has 0 saturated heterocycles. The summed E-state index contributed by atoms with van der Waals surface area (Å²) in [6.45, 7) is 3.71. The molecule has 1 N–H and O–H groups in total. The number of carbonyl (C=O) groups excluding carboxylic acids is 1. The third-order valence-electron chi connectivity index (χ3n) is 4.44. The van der Waals surface area contributed by atoms with E-state index in [1.165, 1.54) is 6.07 Å². The third kappa shape index (κ3) is 2.42. The normalized spacial score (nSPS) is 22.6. The van der Waals surface area contributed by atoms with Crippen molar-refractivity contribution in [1.82, 2.24) is 4.72 Å². The van der Waals surface area contributed by atoms with Crippen LogP contribution in [0.2, 0.25) is 0 Å². The van der Waals surface area contributed by atoms with Crippen LogP contribution in [0.4, 0.5) is 0 Å². The SMILES string of the molecule is CCOC(=O)[C@]1(C(C)c2ccccc2)NS(=O)(=O)c2ccccc21. The van der Waals surface area contributed by atoms with E-state index < -0.39 is 27.4 Å². The Morgan fingerprint density at radius 1 is 1.12 bits per heavy atom. The predicted octanol–water partition coefficient (Wildman–Crippen LogP) is 2.54. The van der Waals surface area contributed by atoms with Crippen molar-refractivity contribution < 1.29 is 17.9 Å². The Morgan fingerprint density at radius 2 is 1.75 bits per heavy atom. The van der Waals surface area contributed by atoms with Crippen molar-refractivity contribution in [2.75, 3.05) is 6.61 Å². The Hall–Kier alpha value is -2.18. The van der Waals surface area contributed by atoms with E-state index >= 15 is 0 Å². The molecule has 1 unspecified atom stereocenters. The first-order chi connectivity index (χ1) is 11.4. The molecule has 24 heavy (non-hydrogen) atoms. The number of nitrogens with one attached hydrogen (secondary N) is 1. The largest absolute Gasteiger partial charge is 0.464 e. The lowest BCUT2D eigenvalue weighted by atomic mass is 9.76. The van der Waals surface area contributed by atoms with Crippen molar-refractivity contribution >= 4 is 16.0 Å². The van der Waals surface area contributed by atoms with E-state index in [-0.39, 0.29) is 11.5 Å². The summed E-state index contributed by atoms with van der Waals surface area (Å²) in [4.78, 5) is 13.0. The Balaban J connectivity index is 2.25. The number of sulfonamides is 1. The summed E-state index contributed by atoms with van der Waals surface area (Å²) >= 11 is 0. The van der Waals surface area contributed by atoms with Gasteiger partial charge < -0.3 is 4.74 Å². The Labute approximate surface area is 141 Å². The molecule has 0 radical (unpaired) electrons. The van der Waals surface area contributed by atoms with E-state index in [0.29, 0.717) is 5.56 Å². The van der Waals surface area contributed by atoms with Gasteiger partial charge in [-0.25, -0.2) is 13.2 Å². The zero-order chi connectivity index (χ0) is 17.4. The molecule has 1 aliphatic rings. The zero-order valence-electron chi connectivity index (χ0n) is 13.5. The molecule has 6 heteroatoms. The maximum atomic E-state index is 12.9. The molecule has 0 aliphatic carbocycles.